The largest absolute Gasteiger partial charge is 0.439 e. The van der Waals surface area contributed by atoms with Crippen molar-refractivity contribution >= 4 is 17.9 Å². The third kappa shape index (κ3) is 9.21. The molecule has 12 nitrogen and oxygen atoms in total. The number of primary amides is 1. The number of carbonyl (C=O) groups excluding carboxylic acids is 2. The van der Waals surface area contributed by atoms with Gasteiger partial charge in [0.05, 0.1) is 23.9 Å². The molecule has 1 aromatic heterocycles. The van der Waals surface area contributed by atoms with E-state index in [4.69, 9.17) is 33.8 Å². The molecule has 0 radical (unpaired) electrons. The summed E-state index contributed by atoms with van der Waals surface area (Å²) < 4.78 is 33.7. The van der Waals surface area contributed by atoms with Crippen LogP contribution < -0.4 is 22.1 Å². The second kappa shape index (κ2) is 16.2. The standard InChI is InChI=1S/C30H42N2O10/c1-16-10-9-11-22(37-5)27(42-30(31)36)18(3)12-17(2)26(40-8)23(38-6)13-19(4)25(39-7)21-14-20(33)15-24(32-28(16)34)41-29(21)35/h9-12,14-15,17,19,22-23,25-27H,13H2,1-8H3,(H2,31,36)(H,32,34)/b11-9-,16-10+,18-12+/t17-,19-,22-,23-,25+,26+,27-/m0/s1. The number of fused-ring (bicyclic) bond motifs is 3. The second-order valence-corrected chi connectivity index (χ2v) is 10.3. The molecule has 0 unspecified atom stereocenters. The van der Waals surface area contributed by atoms with Crippen molar-refractivity contribution in [1.82, 2.24) is 0 Å². The van der Waals surface area contributed by atoms with E-state index in [2.05, 4.69) is 5.32 Å². The fourth-order valence-electron chi connectivity index (χ4n) is 5.10. The summed E-state index contributed by atoms with van der Waals surface area (Å²) in [4.78, 5) is 50.4. The topological polar surface area (TPSA) is 166 Å². The van der Waals surface area contributed by atoms with E-state index >= 15 is 0 Å². The number of hydrogen-bond donors (Lipinski definition) is 2. The van der Waals surface area contributed by atoms with Crippen molar-refractivity contribution in [2.75, 3.05) is 33.8 Å². The molecular formula is C30H42N2O10. The highest BCUT2D eigenvalue weighted by Crippen LogP contribution is 2.31. The van der Waals surface area contributed by atoms with Gasteiger partial charge in [-0.2, -0.15) is 0 Å². The summed E-state index contributed by atoms with van der Waals surface area (Å²) in [5.74, 6) is -1.52. The van der Waals surface area contributed by atoms with E-state index in [1.165, 1.54) is 27.2 Å². The monoisotopic (exact) mass is 590 g/mol. The number of methoxy groups -OCH3 is 4. The normalized spacial score (nSPS) is 31.1. The lowest BCUT2D eigenvalue weighted by Gasteiger charge is -2.33. The van der Waals surface area contributed by atoms with Gasteiger partial charge in [0.25, 0.3) is 5.91 Å². The Bertz CT molecular complexity index is 1300. The number of nitrogens with two attached hydrogens (primary N) is 1. The molecule has 1 aliphatic heterocycles. The highest BCUT2D eigenvalue weighted by atomic mass is 16.6. The van der Waals surface area contributed by atoms with Gasteiger partial charge >= 0.3 is 11.7 Å². The summed E-state index contributed by atoms with van der Waals surface area (Å²) in [7, 11) is 5.99. The number of nitrogens with one attached hydrogen (secondary N) is 1. The third-order valence-corrected chi connectivity index (χ3v) is 7.18. The van der Waals surface area contributed by atoms with E-state index in [0.29, 0.717) is 12.0 Å². The number of carbonyl (C=O) groups is 2. The van der Waals surface area contributed by atoms with Crippen LogP contribution in [0.5, 0.6) is 0 Å². The van der Waals surface area contributed by atoms with Crippen LogP contribution in [0, 0.1) is 11.8 Å². The van der Waals surface area contributed by atoms with Crippen LogP contribution in [-0.4, -0.2) is 64.9 Å². The maximum absolute atomic E-state index is 13.1. The molecule has 2 amide bonds. The van der Waals surface area contributed by atoms with E-state index in [1.54, 1.807) is 33.3 Å². The van der Waals surface area contributed by atoms with E-state index in [-0.39, 0.29) is 28.9 Å². The minimum absolute atomic E-state index is 0.00441. The van der Waals surface area contributed by atoms with Gasteiger partial charge in [-0.3, -0.25) is 14.9 Å². The molecule has 42 heavy (non-hydrogen) atoms. The van der Waals surface area contributed by atoms with E-state index in [9.17, 15) is 19.2 Å². The first kappa shape index (κ1) is 34.6. The SMILES string of the molecule is CO[C@H]1[C@@H](OC)C[C@H](C)[C@@H](OC)c2cc(=O)cc(oc2=O)NC(=O)/C(C)=C/C=C\[C@H](OC)[C@@H](OC(N)=O)/C(C)=C/[C@@H]1C. The molecule has 232 valence electrons. The predicted molar refractivity (Wildman–Crippen MR) is 156 cm³/mol. The maximum Gasteiger partial charge on any atom is 0.405 e. The molecule has 1 aromatic rings. The maximum atomic E-state index is 13.1. The van der Waals surface area contributed by atoms with Gasteiger partial charge in [0, 0.05) is 46.0 Å². The van der Waals surface area contributed by atoms with Crippen molar-refractivity contribution in [3.05, 3.63) is 73.8 Å². The van der Waals surface area contributed by atoms with Gasteiger partial charge in [0.15, 0.2) is 11.5 Å². The first-order valence-corrected chi connectivity index (χ1v) is 13.5. The molecule has 2 heterocycles. The Kier molecular flexibility index (Phi) is 13.3. The predicted octanol–water partition coefficient (Wildman–Crippen LogP) is 3.26. The minimum atomic E-state index is -0.980. The molecule has 3 N–H and O–H groups in total. The summed E-state index contributed by atoms with van der Waals surface area (Å²) in [6, 6.07) is 2.17. The summed E-state index contributed by atoms with van der Waals surface area (Å²) >= 11 is 0. The molecule has 0 saturated carbocycles. The van der Waals surface area contributed by atoms with Crippen LogP contribution in [0.15, 0.2) is 61.6 Å². The Morgan fingerprint density at radius 3 is 2.24 bits per heavy atom. The molecule has 0 aliphatic carbocycles. The molecule has 2 bridgehead atoms. The smallest absolute Gasteiger partial charge is 0.405 e. The number of hydrogen-bond acceptors (Lipinski definition) is 10. The Balaban J connectivity index is 2.74. The lowest BCUT2D eigenvalue weighted by Crippen LogP contribution is -2.38. The van der Waals surface area contributed by atoms with Crippen LogP contribution in [0.25, 0.3) is 0 Å². The van der Waals surface area contributed by atoms with Crippen molar-refractivity contribution in [2.45, 2.75) is 64.6 Å². The van der Waals surface area contributed by atoms with Gasteiger partial charge in [-0.25, -0.2) is 9.59 Å². The lowest BCUT2D eigenvalue weighted by atomic mass is 9.87. The second-order valence-electron chi connectivity index (χ2n) is 10.3. The highest BCUT2D eigenvalue weighted by Gasteiger charge is 2.33. The molecule has 0 spiro atoms. The van der Waals surface area contributed by atoms with Gasteiger partial charge in [-0.15, -0.1) is 0 Å². The molecule has 2 rings (SSSR count). The van der Waals surface area contributed by atoms with Crippen LogP contribution in [0.3, 0.4) is 0 Å². The average molecular weight is 591 g/mol. The van der Waals surface area contributed by atoms with E-state index < -0.39 is 53.6 Å². The van der Waals surface area contributed by atoms with Crippen LogP contribution in [0.2, 0.25) is 0 Å². The van der Waals surface area contributed by atoms with Gasteiger partial charge in [0.2, 0.25) is 5.88 Å². The number of rotatable bonds is 5. The van der Waals surface area contributed by atoms with Gasteiger partial charge in [-0.05, 0) is 37.8 Å². The fourth-order valence-corrected chi connectivity index (χ4v) is 5.10. The van der Waals surface area contributed by atoms with Crippen LogP contribution in [0.4, 0.5) is 10.7 Å². The van der Waals surface area contributed by atoms with Gasteiger partial charge < -0.3 is 33.8 Å². The Labute approximate surface area is 245 Å². The van der Waals surface area contributed by atoms with E-state index in [0.717, 1.165) is 12.1 Å². The minimum Gasteiger partial charge on any atom is -0.439 e. The summed E-state index contributed by atoms with van der Waals surface area (Å²) in [6.45, 7) is 7.09. The Morgan fingerprint density at radius 1 is 0.976 bits per heavy atom. The zero-order chi connectivity index (χ0) is 31.6. The first-order valence-electron chi connectivity index (χ1n) is 13.5. The fraction of sp³-hybridized carbons (Fsp3) is 0.533. The molecule has 7 atom stereocenters. The van der Waals surface area contributed by atoms with Crippen molar-refractivity contribution in [3.63, 3.8) is 0 Å². The summed E-state index contributed by atoms with van der Waals surface area (Å²) in [5.41, 5.74) is 4.88. The van der Waals surface area contributed by atoms with Crippen LogP contribution >= 0.6 is 0 Å². The zero-order valence-electron chi connectivity index (χ0n) is 25.4. The number of anilines is 1. The molecular weight excluding hydrogens is 548 g/mol. The summed E-state index contributed by atoms with van der Waals surface area (Å²) in [5, 5.41) is 2.44. The molecule has 12 heteroatoms. The molecule has 1 aliphatic rings. The first-order chi connectivity index (χ1) is 19.9. The molecule has 0 saturated heterocycles. The van der Waals surface area contributed by atoms with E-state index in [1.807, 2.05) is 19.9 Å². The summed E-state index contributed by atoms with van der Waals surface area (Å²) in [6.07, 6.45) is 2.51. The number of allylic oxidation sites excluding steroid dienone is 2. The average Bonchev–Trinajstić information content (AvgIpc) is 3.06. The zero-order valence-corrected chi connectivity index (χ0v) is 25.4. The lowest BCUT2D eigenvalue weighted by molar-refractivity contribution is -0.112. The Morgan fingerprint density at radius 2 is 1.67 bits per heavy atom. The van der Waals surface area contributed by atoms with Crippen molar-refractivity contribution in [3.8, 4) is 0 Å². The van der Waals surface area contributed by atoms with Crippen molar-refractivity contribution < 1.29 is 37.7 Å². The quantitative estimate of drug-likeness (QED) is 0.486. The van der Waals surface area contributed by atoms with Crippen LogP contribution in [-0.2, 0) is 28.5 Å². The number of ether oxygens (including phenoxy) is 5. The Hall–Kier alpha value is -3.58. The van der Waals surface area contributed by atoms with Gasteiger partial charge in [0.1, 0.15) is 6.10 Å². The van der Waals surface area contributed by atoms with Crippen molar-refractivity contribution in [1.29, 1.82) is 0 Å². The van der Waals surface area contributed by atoms with Crippen LogP contribution in [0.1, 0.15) is 45.8 Å². The molecule has 0 fully saturated rings. The number of amides is 2. The third-order valence-electron chi connectivity index (χ3n) is 7.18. The van der Waals surface area contributed by atoms with Crippen molar-refractivity contribution in [2.24, 2.45) is 17.6 Å². The molecule has 0 aromatic carbocycles. The van der Waals surface area contributed by atoms with Gasteiger partial charge in [-0.1, -0.05) is 38.2 Å². The highest BCUT2D eigenvalue weighted by molar-refractivity contribution is 6.02.